The lowest BCUT2D eigenvalue weighted by molar-refractivity contribution is -0.132. The van der Waals surface area contributed by atoms with E-state index in [1.807, 2.05) is 0 Å². The monoisotopic (exact) mass is 517 g/mol. The number of nitrogens with zero attached hydrogens (tertiary/aromatic N) is 1. The number of hydrogen-bond donors (Lipinski definition) is 2. The molecular weight excluding hydrogens is 501 g/mol. The summed E-state index contributed by atoms with van der Waals surface area (Å²) in [7, 11) is 0. The molecule has 1 aliphatic rings. The van der Waals surface area contributed by atoms with Crippen LogP contribution in [0.25, 0.3) is 5.76 Å². The van der Waals surface area contributed by atoms with Crippen molar-refractivity contribution in [2.24, 2.45) is 0 Å². The lowest BCUT2D eigenvalue weighted by Gasteiger charge is -2.26. The summed E-state index contributed by atoms with van der Waals surface area (Å²) in [5.41, 5.74) is 0.847. The van der Waals surface area contributed by atoms with Crippen LogP contribution in [0.4, 0.5) is 5.69 Å². The summed E-state index contributed by atoms with van der Waals surface area (Å²) in [5.74, 6) is -1.99. The molecule has 0 spiro atoms. The molecule has 6 nitrogen and oxygen atoms in total. The number of carbonyl (C=O) groups excluding carboxylic acids is 2. The molecule has 1 aliphatic heterocycles. The standard InChI is InChI=1S/C25H18Cl3NO5/c1-2-34-20-11-14(6-8-17(20)27)23(31)21-22(13-7-9-19(30)18(28)10-13)29(25(33)24(21)32)16-5-3-4-15(26)12-16/h3-12,22,30-31H,2H2,1H3/b23-21-. The molecule has 0 radical (unpaired) electrons. The first-order chi connectivity index (χ1) is 16.2. The van der Waals surface area contributed by atoms with Crippen LogP contribution in [0.2, 0.25) is 15.1 Å². The molecule has 4 rings (SSSR count). The number of hydrogen-bond acceptors (Lipinski definition) is 5. The van der Waals surface area contributed by atoms with Gasteiger partial charge < -0.3 is 14.9 Å². The van der Waals surface area contributed by atoms with Crippen molar-refractivity contribution in [3.05, 3.63) is 92.4 Å². The Morgan fingerprint density at radius 3 is 2.44 bits per heavy atom. The van der Waals surface area contributed by atoms with E-state index in [1.165, 1.54) is 47.4 Å². The number of aliphatic hydroxyl groups is 1. The summed E-state index contributed by atoms with van der Waals surface area (Å²) >= 11 is 18.4. The quantitative estimate of drug-likeness (QED) is 0.233. The number of phenols is 1. The van der Waals surface area contributed by atoms with Crippen molar-refractivity contribution in [3.63, 3.8) is 0 Å². The molecule has 3 aromatic carbocycles. The number of benzene rings is 3. The Morgan fingerprint density at radius 1 is 1.00 bits per heavy atom. The maximum Gasteiger partial charge on any atom is 0.300 e. The van der Waals surface area contributed by atoms with Crippen molar-refractivity contribution >= 4 is 57.9 Å². The first-order valence-corrected chi connectivity index (χ1v) is 11.3. The highest BCUT2D eigenvalue weighted by Crippen LogP contribution is 2.44. The maximum atomic E-state index is 13.2. The van der Waals surface area contributed by atoms with E-state index in [9.17, 15) is 19.8 Å². The zero-order valence-corrected chi connectivity index (χ0v) is 20.0. The Bertz CT molecular complexity index is 1340. The van der Waals surface area contributed by atoms with Crippen LogP contribution >= 0.6 is 34.8 Å². The Morgan fingerprint density at radius 2 is 1.76 bits per heavy atom. The van der Waals surface area contributed by atoms with Crippen LogP contribution in [0.3, 0.4) is 0 Å². The van der Waals surface area contributed by atoms with Crippen LogP contribution in [-0.2, 0) is 9.59 Å². The molecule has 0 saturated carbocycles. The maximum absolute atomic E-state index is 13.2. The number of anilines is 1. The molecule has 1 amide bonds. The summed E-state index contributed by atoms with van der Waals surface area (Å²) in [6.45, 7) is 2.13. The van der Waals surface area contributed by atoms with Gasteiger partial charge in [-0.05, 0) is 61.0 Å². The molecule has 1 fully saturated rings. The van der Waals surface area contributed by atoms with Gasteiger partial charge in [0, 0.05) is 16.3 Å². The number of halogens is 3. The number of Topliss-reactive ketones (excluding diaryl/α,β-unsaturated/α-hetero) is 1. The Balaban J connectivity index is 1.96. The van der Waals surface area contributed by atoms with Crippen LogP contribution in [0, 0.1) is 0 Å². The van der Waals surface area contributed by atoms with E-state index < -0.39 is 23.5 Å². The number of aromatic hydroxyl groups is 1. The van der Waals surface area contributed by atoms with E-state index in [-0.39, 0.29) is 21.9 Å². The molecule has 0 aromatic heterocycles. The summed E-state index contributed by atoms with van der Waals surface area (Å²) < 4.78 is 5.49. The van der Waals surface area contributed by atoms with Crippen LogP contribution in [0.1, 0.15) is 24.1 Å². The van der Waals surface area contributed by atoms with Gasteiger partial charge in [0.25, 0.3) is 11.7 Å². The summed E-state index contributed by atoms with van der Waals surface area (Å²) in [6, 6.07) is 14.3. The number of ketones is 1. The van der Waals surface area contributed by atoms with E-state index >= 15 is 0 Å². The van der Waals surface area contributed by atoms with Gasteiger partial charge in [-0.1, -0.05) is 46.9 Å². The van der Waals surface area contributed by atoms with E-state index in [0.717, 1.165) is 0 Å². The first kappa shape index (κ1) is 24.0. The third-order valence-corrected chi connectivity index (χ3v) is 6.17. The smallest absolute Gasteiger partial charge is 0.300 e. The highest BCUT2D eigenvalue weighted by molar-refractivity contribution is 6.52. The average molecular weight is 519 g/mol. The summed E-state index contributed by atoms with van der Waals surface area (Å²) in [4.78, 5) is 27.6. The lowest BCUT2D eigenvalue weighted by atomic mass is 9.95. The highest BCUT2D eigenvalue weighted by Gasteiger charge is 2.47. The van der Waals surface area contributed by atoms with Gasteiger partial charge in [-0.2, -0.15) is 0 Å². The third-order valence-electron chi connectivity index (χ3n) is 5.32. The van der Waals surface area contributed by atoms with Gasteiger partial charge >= 0.3 is 0 Å². The predicted molar refractivity (Wildman–Crippen MR) is 132 cm³/mol. The molecule has 1 unspecified atom stereocenters. The topological polar surface area (TPSA) is 87.1 Å². The highest BCUT2D eigenvalue weighted by atomic mass is 35.5. The van der Waals surface area contributed by atoms with Gasteiger partial charge in [-0.3, -0.25) is 14.5 Å². The van der Waals surface area contributed by atoms with Gasteiger partial charge in [-0.25, -0.2) is 0 Å². The molecule has 1 heterocycles. The van der Waals surface area contributed by atoms with Crippen LogP contribution in [0.15, 0.2) is 66.2 Å². The van der Waals surface area contributed by atoms with Crippen LogP contribution in [0.5, 0.6) is 11.5 Å². The second kappa shape index (κ2) is 9.58. The molecule has 9 heteroatoms. The fourth-order valence-corrected chi connectivity index (χ4v) is 4.35. The molecule has 34 heavy (non-hydrogen) atoms. The lowest BCUT2D eigenvalue weighted by Crippen LogP contribution is -2.29. The minimum atomic E-state index is -1.04. The van der Waals surface area contributed by atoms with Crippen molar-refractivity contribution in [1.82, 2.24) is 0 Å². The fourth-order valence-electron chi connectivity index (χ4n) is 3.81. The predicted octanol–water partition coefficient (Wildman–Crippen LogP) is 6.38. The van der Waals surface area contributed by atoms with Crippen molar-refractivity contribution in [2.75, 3.05) is 11.5 Å². The van der Waals surface area contributed by atoms with Gasteiger partial charge in [0.1, 0.15) is 17.3 Å². The van der Waals surface area contributed by atoms with E-state index in [0.29, 0.717) is 33.7 Å². The average Bonchev–Trinajstić information content (AvgIpc) is 3.07. The van der Waals surface area contributed by atoms with Crippen molar-refractivity contribution in [3.8, 4) is 11.5 Å². The normalized spacial score (nSPS) is 17.3. The first-order valence-electron chi connectivity index (χ1n) is 10.2. The van der Waals surface area contributed by atoms with E-state index in [2.05, 4.69) is 0 Å². The second-order valence-corrected chi connectivity index (χ2v) is 8.69. The van der Waals surface area contributed by atoms with Crippen LogP contribution in [-0.4, -0.2) is 28.5 Å². The van der Waals surface area contributed by atoms with Gasteiger partial charge in [0.15, 0.2) is 0 Å². The number of amides is 1. The molecule has 1 saturated heterocycles. The minimum absolute atomic E-state index is 0.0271. The Kier molecular flexibility index (Phi) is 6.75. The number of phenolic OH excluding ortho intramolecular Hbond substituents is 1. The molecule has 3 aromatic rings. The number of aliphatic hydroxyl groups excluding tert-OH is 1. The number of ether oxygens (including phenoxy) is 1. The van der Waals surface area contributed by atoms with Crippen molar-refractivity contribution < 1.29 is 24.5 Å². The van der Waals surface area contributed by atoms with Crippen LogP contribution < -0.4 is 9.64 Å². The molecule has 174 valence electrons. The number of rotatable bonds is 5. The Labute approximate surface area is 210 Å². The zero-order valence-electron chi connectivity index (χ0n) is 17.8. The molecule has 0 aliphatic carbocycles. The van der Waals surface area contributed by atoms with E-state index in [1.54, 1.807) is 25.1 Å². The van der Waals surface area contributed by atoms with Gasteiger partial charge in [0.2, 0.25) is 0 Å². The molecule has 1 atom stereocenters. The van der Waals surface area contributed by atoms with Gasteiger partial charge in [-0.15, -0.1) is 0 Å². The van der Waals surface area contributed by atoms with Crippen molar-refractivity contribution in [2.45, 2.75) is 13.0 Å². The summed E-state index contributed by atoms with van der Waals surface area (Å²) in [5, 5.41) is 21.8. The zero-order chi connectivity index (χ0) is 24.6. The third kappa shape index (κ3) is 4.32. The largest absolute Gasteiger partial charge is 0.507 e. The van der Waals surface area contributed by atoms with Gasteiger partial charge in [0.05, 0.1) is 28.3 Å². The molecule has 0 bridgehead atoms. The Hall–Kier alpha value is -3.19. The fraction of sp³-hybridized carbons (Fsp3) is 0.120. The summed E-state index contributed by atoms with van der Waals surface area (Å²) in [6.07, 6.45) is 0. The molecule has 2 N–H and O–H groups in total. The minimum Gasteiger partial charge on any atom is -0.507 e. The van der Waals surface area contributed by atoms with E-state index in [4.69, 9.17) is 39.5 Å². The van der Waals surface area contributed by atoms with Crippen molar-refractivity contribution in [1.29, 1.82) is 0 Å². The number of carbonyl (C=O) groups is 2. The second-order valence-electron chi connectivity index (χ2n) is 7.44. The molecular formula is C25H18Cl3NO5. The SMILES string of the molecule is CCOc1cc(/C(O)=C2/C(=O)C(=O)N(c3cccc(Cl)c3)C2c2ccc(O)c(Cl)c2)ccc1Cl.